The van der Waals surface area contributed by atoms with Gasteiger partial charge in [0.1, 0.15) is 17.4 Å². The fourth-order valence-corrected chi connectivity index (χ4v) is 1.33. The zero-order valence-corrected chi connectivity index (χ0v) is 9.45. The predicted molar refractivity (Wildman–Crippen MR) is 54.6 cm³/mol. The predicted octanol–water partition coefficient (Wildman–Crippen LogP) is 2.06. The molecule has 8 heteroatoms. The quantitative estimate of drug-likeness (QED) is 0.622. The first-order valence-corrected chi connectivity index (χ1v) is 4.70. The van der Waals surface area contributed by atoms with Crippen LogP contribution in [0, 0.1) is 11.3 Å². The number of halogens is 3. The van der Waals surface area contributed by atoms with Crippen LogP contribution in [0.25, 0.3) is 0 Å². The number of hydrogen-bond donors (Lipinski definition) is 0. The number of esters is 1. The van der Waals surface area contributed by atoms with E-state index in [9.17, 15) is 22.8 Å². The smallest absolute Gasteiger partial charge is 0.465 e. The topological polar surface area (TPSA) is 76.4 Å². The molecule has 0 bridgehead atoms. The molecule has 0 aliphatic rings. The summed E-state index contributed by atoms with van der Waals surface area (Å²) < 4.78 is 44.3. The second-order valence-corrected chi connectivity index (χ2v) is 3.17. The summed E-state index contributed by atoms with van der Waals surface area (Å²) in [5.41, 5.74) is -1.52. The van der Waals surface area contributed by atoms with Gasteiger partial charge >= 0.3 is 12.3 Å². The Morgan fingerprint density at radius 3 is 2.47 bits per heavy atom. The zero-order chi connectivity index (χ0) is 14.6. The summed E-state index contributed by atoms with van der Waals surface area (Å²) >= 11 is 0. The van der Waals surface area contributed by atoms with Crippen molar-refractivity contribution in [3.63, 3.8) is 0 Å². The van der Waals surface area contributed by atoms with Crippen LogP contribution in [0.15, 0.2) is 12.1 Å². The Kier molecular flexibility index (Phi) is 4.11. The molecule has 5 nitrogen and oxygen atoms in total. The molecule has 0 saturated heterocycles. The second-order valence-electron chi connectivity index (χ2n) is 3.17. The van der Waals surface area contributed by atoms with E-state index in [-0.39, 0.29) is 11.8 Å². The Hall–Kier alpha value is -2.56. The van der Waals surface area contributed by atoms with Crippen molar-refractivity contribution in [3.8, 4) is 11.8 Å². The average molecular weight is 273 g/mol. The van der Waals surface area contributed by atoms with Crippen molar-refractivity contribution in [2.45, 2.75) is 6.36 Å². The van der Waals surface area contributed by atoms with Crippen LogP contribution in [0.5, 0.6) is 5.75 Å². The van der Waals surface area contributed by atoms with E-state index >= 15 is 0 Å². The Morgan fingerprint density at radius 1 is 1.42 bits per heavy atom. The number of rotatable bonds is 3. The average Bonchev–Trinajstić information content (AvgIpc) is 2.35. The number of ether oxygens (including phenoxy) is 2. The molecule has 0 radical (unpaired) electrons. The van der Waals surface area contributed by atoms with E-state index in [1.807, 2.05) is 0 Å². The van der Waals surface area contributed by atoms with E-state index in [2.05, 4.69) is 9.47 Å². The minimum Gasteiger partial charge on any atom is -0.465 e. The Balaban J connectivity index is 3.44. The fourth-order valence-electron chi connectivity index (χ4n) is 1.33. The van der Waals surface area contributed by atoms with Gasteiger partial charge in [0.15, 0.2) is 6.29 Å². The number of aldehydes is 1. The van der Waals surface area contributed by atoms with Gasteiger partial charge in [-0.1, -0.05) is 0 Å². The molecule has 0 atom stereocenters. The minimum atomic E-state index is -5.02. The van der Waals surface area contributed by atoms with Crippen LogP contribution >= 0.6 is 0 Å². The van der Waals surface area contributed by atoms with Crippen LogP contribution in [-0.2, 0) is 4.74 Å². The molecule has 0 aliphatic carbocycles. The van der Waals surface area contributed by atoms with Crippen LogP contribution in [0.2, 0.25) is 0 Å². The maximum Gasteiger partial charge on any atom is 0.573 e. The van der Waals surface area contributed by atoms with Gasteiger partial charge in [0.2, 0.25) is 0 Å². The van der Waals surface area contributed by atoms with Crippen LogP contribution in [0.4, 0.5) is 13.2 Å². The number of alkyl halides is 3. The lowest BCUT2D eigenvalue weighted by Crippen LogP contribution is -2.19. The number of carbonyl (C=O) groups is 2. The van der Waals surface area contributed by atoms with Gasteiger partial charge in [-0.05, 0) is 12.1 Å². The lowest BCUT2D eigenvalue weighted by molar-refractivity contribution is -0.274. The third kappa shape index (κ3) is 3.22. The molecule has 0 aliphatic heterocycles. The van der Waals surface area contributed by atoms with Crippen LogP contribution < -0.4 is 4.74 Å². The third-order valence-electron chi connectivity index (χ3n) is 2.07. The third-order valence-corrected chi connectivity index (χ3v) is 2.07. The van der Waals surface area contributed by atoms with Gasteiger partial charge < -0.3 is 9.47 Å². The highest BCUT2D eigenvalue weighted by Crippen LogP contribution is 2.29. The number of nitriles is 1. The highest BCUT2D eigenvalue weighted by Gasteiger charge is 2.33. The molecular weight excluding hydrogens is 267 g/mol. The van der Waals surface area contributed by atoms with Crippen LogP contribution in [0.1, 0.15) is 26.3 Å². The van der Waals surface area contributed by atoms with Crippen molar-refractivity contribution >= 4 is 12.3 Å². The van der Waals surface area contributed by atoms with Gasteiger partial charge in [-0.15, -0.1) is 13.2 Å². The van der Waals surface area contributed by atoms with Gasteiger partial charge in [0.25, 0.3) is 0 Å². The van der Waals surface area contributed by atoms with Crippen molar-refractivity contribution < 1.29 is 32.2 Å². The van der Waals surface area contributed by atoms with E-state index in [0.717, 1.165) is 19.2 Å². The molecule has 1 rings (SSSR count). The summed E-state index contributed by atoms with van der Waals surface area (Å²) in [7, 11) is 1.03. The number of carbonyl (C=O) groups excluding carboxylic acids is 2. The maximum absolute atomic E-state index is 12.1. The number of benzene rings is 1. The molecule has 100 valence electrons. The SMILES string of the molecule is COC(=O)c1ccc(OC(F)(F)F)c(C#N)c1C=O. The lowest BCUT2D eigenvalue weighted by atomic mass is 10.0. The normalized spacial score (nSPS) is 10.5. The van der Waals surface area contributed by atoms with Crippen molar-refractivity contribution in [1.29, 1.82) is 5.26 Å². The monoisotopic (exact) mass is 273 g/mol. The van der Waals surface area contributed by atoms with E-state index in [4.69, 9.17) is 5.26 Å². The summed E-state index contributed by atoms with van der Waals surface area (Å²) in [5, 5.41) is 8.80. The van der Waals surface area contributed by atoms with Gasteiger partial charge in [0.05, 0.1) is 18.2 Å². The van der Waals surface area contributed by atoms with E-state index in [1.54, 1.807) is 0 Å². The molecular formula is C11H6F3NO4. The minimum absolute atomic E-state index is 0.0913. The number of hydrogen-bond acceptors (Lipinski definition) is 5. The van der Waals surface area contributed by atoms with Gasteiger partial charge in [0, 0.05) is 0 Å². The summed E-state index contributed by atoms with van der Waals surface area (Å²) in [6.07, 6.45) is -4.92. The largest absolute Gasteiger partial charge is 0.573 e. The molecule has 0 heterocycles. The van der Waals surface area contributed by atoms with Gasteiger partial charge in [-0.25, -0.2) is 4.79 Å². The molecule has 0 saturated carbocycles. The summed E-state index contributed by atoms with van der Waals surface area (Å²) in [4.78, 5) is 22.2. The first kappa shape index (κ1) is 14.5. The van der Waals surface area contributed by atoms with Crippen LogP contribution in [-0.4, -0.2) is 25.7 Å². The highest BCUT2D eigenvalue weighted by atomic mass is 19.4. The van der Waals surface area contributed by atoms with Crippen molar-refractivity contribution in [1.82, 2.24) is 0 Å². The molecule has 0 N–H and O–H groups in total. The number of methoxy groups -OCH3 is 1. The standard InChI is InChI=1S/C11H6F3NO4/c1-18-10(17)6-2-3-9(19-11(12,13)14)7(4-15)8(6)5-16/h2-3,5H,1H3. The Labute approximate surface area is 105 Å². The summed E-state index contributed by atoms with van der Waals surface area (Å²) in [5.74, 6) is -1.80. The highest BCUT2D eigenvalue weighted by molar-refractivity contribution is 6.00. The second kappa shape index (κ2) is 5.39. The van der Waals surface area contributed by atoms with E-state index < -0.39 is 29.2 Å². The van der Waals surface area contributed by atoms with Gasteiger partial charge in [-0.2, -0.15) is 5.26 Å². The van der Waals surface area contributed by atoms with E-state index in [0.29, 0.717) is 0 Å². The first-order chi connectivity index (χ1) is 8.84. The maximum atomic E-state index is 12.1. The van der Waals surface area contributed by atoms with Crippen molar-refractivity contribution in [3.05, 3.63) is 28.8 Å². The van der Waals surface area contributed by atoms with Crippen molar-refractivity contribution in [2.75, 3.05) is 7.11 Å². The summed E-state index contributed by atoms with van der Waals surface area (Å²) in [6, 6.07) is 3.08. The Morgan fingerprint density at radius 2 is 2.05 bits per heavy atom. The number of nitrogens with zero attached hydrogens (tertiary/aromatic N) is 1. The molecule has 0 aromatic heterocycles. The van der Waals surface area contributed by atoms with Crippen LogP contribution in [0.3, 0.4) is 0 Å². The molecule has 0 unspecified atom stereocenters. The molecule has 1 aromatic rings. The lowest BCUT2D eigenvalue weighted by Gasteiger charge is -2.12. The molecule has 0 amide bonds. The van der Waals surface area contributed by atoms with Gasteiger partial charge in [-0.3, -0.25) is 4.79 Å². The summed E-state index contributed by atoms with van der Waals surface area (Å²) in [6.45, 7) is 0. The molecule has 0 fully saturated rings. The zero-order valence-electron chi connectivity index (χ0n) is 9.45. The fraction of sp³-hybridized carbons (Fsp3) is 0.182. The molecule has 0 spiro atoms. The van der Waals surface area contributed by atoms with Crippen molar-refractivity contribution in [2.24, 2.45) is 0 Å². The van der Waals surface area contributed by atoms with E-state index in [1.165, 1.54) is 6.07 Å². The first-order valence-electron chi connectivity index (χ1n) is 4.70. The Bertz CT molecular complexity index is 560. The molecule has 19 heavy (non-hydrogen) atoms. The molecule has 1 aromatic carbocycles.